The lowest BCUT2D eigenvalue weighted by atomic mass is 9.99. The van der Waals surface area contributed by atoms with Gasteiger partial charge < -0.3 is 14.8 Å². The molecular formula is C18H29NO3. The van der Waals surface area contributed by atoms with Gasteiger partial charge >= 0.3 is 0 Å². The van der Waals surface area contributed by atoms with Crippen LogP contribution in [0.4, 0.5) is 5.69 Å². The molecule has 0 radical (unpaired) electrons. The lowest BCUT2D eigenvalue weighted by Crippen LogP contribution is -2.41. The zero-order chi connectivity index (χ0) is 16.8. The smallest absolute Gasteiger partial charge is 0.256 e. The molecule has 0 saturated heterocycles. The molecule has 1 N–H and O–H groups in total. The van der Waals surface area contributed by atoms with E-state index in [1.165, 1.54) is 0 Å². The molecule has 0 unspecified atom stereocenters. The van der Waals surface area contributed by atoms with Crippen LogP contribution in [0.1, 0.15) is 52.5 Å². The molecule has 2 atom stereocenters. The Balaban J connectivity index is 2.82. The fourth-order valence-electron chi connectivity index (χ4n) is 2.21. The van der Waals surface area contributed by atoms with Crippen molar-refractivity contribution in [3.05, 3.63) is 23.8 Å². The molecule has 1 amide bonds. The van der Waals surface area contributed by atoms with Gasteiger partial charge in [0.05, 0.1) is 6.10 Å². The van der Waals surface area contributed by atoms with E-state index in [1.807, 2.05) is 45.9 Å². The third-order valence-corrected chi connectivity index (χ3v) is 3.99. The lowest BCUT2D eigenvalue weighted by molar-refractivity contribution is -0.136. The fourth-order valence-corrected chi connectivity index (χ4v) is 2.21. The number of aryl methyl sites for hydroxylation is 1. The fraction of sp³-hybridized carbons (Fsp3) is 0.611. The van der Waals surface area contributed by atoms with Crippen LogP contribution in [-0.4, -0.2) is 24.7 Å². The van der Waals surface area contributed by atoms with E-state index in [1.54, 1.807) is 7.11 Å². The Kier molecular flexibility index (Phi) is 6.88. The highest BCUT2D eigenvalue weighted by atomic mass is 16.5. The number of methoxy groups -OCH3 is 1. The van der Waals surface area contributed by atoms with Crippen molar-refractivity contribution in [2.24, 2.45) is 0 Å². The number of nitrogens with one attached hydrogen (secondary N) is 1. The Hall–Kier alpha value is -1.55. The SMILES string of the molecule is CCC[C@@](C)(OC)C(=O)Nc1ccc(O[C@H](C)CC)c(C)c1. The van der Waals surface area contributed by atoms with Crippen molar-refractivity contribution < 1.29 is 14.3 Å². The highest BCUT2D eigenvalue weighted by Gasteiger charge is 2.32. The van der Waals surface area contributed by atoms with Gasteiger partial charge in [-0.2, -0.15) is 0 Å². The molecule has 0 bridgehead atoms. The quantitative estimate of drug-likeness (QED) is 0.778. The van der Waals surface area contributed by atoms with Crippen LogP contribution in [0.25, 0.3) is 0 Å². The van der Waals surface area contributed by atoms with Crippen molar-refractivity contribution in [3.63, 3.8) is 0 Å². The Morgan fingerprint density at radius 1 is 1.36 bits per heavy atom. The summed E-state index contributed by atoms with van der Waals surface area (Å²) < 4.78 is 11.2. The molecule has 0 aliphatic rings. The molecule has 0 aliphatic carbocycles. The number of ether oxygens (including phenoxy) is 2. The molecule has 0 fully saturated rings. The summed E-state index contributed by atoms with van der Waals surface area (Å²) in [5, 5.41) is 2.93. The Bertz CT molecular complexity index is 501. The number of carbonyl (C=O) groups is 1. The van der Waals surface area contributed by atoms with E-state index in [0.717, 1.165) is 29.8 Å². The normalized spacial score (nSPS) is 15.0. The largest absolute Gasteiger partial charge is 0.490 e. The molecule has 0 aromatic heterocycles. The summed E-state index contributed by atoms with van der Waals surface area (Å²) in [5.74, 6) is 0.738. The average molecular weight is 307 g/mol. The number of carbonyl (C=O) groups excluding carboxylic acids is 1. The standard InChI is InChI=1S/C18H29NO3/c1-7-11-18(5,21-6)17(20)19-15-9-10-16(13(3)12-15)22-14(4)8-2/h9-10,12,14H,7-8,11H2,1-6H3,(H,19,20)/t14-,18-/m1/s1. The van der Waals surface area contributed by atoms with E-state index >= 15 is 0 Å². The van der Waals surface area contributed by atoms with Crippen molar-refractivity contribution in [3.8, 4) is 5.75 Å². The number of rotatable bonds is 8. The highest BCUT2D eigenvalue weighted by molar-refractivity contribution is 5.97. The number of benzene rings is 1. The van der Waals surface area contributed by atoms with Gasteiger partial charge in [0.25, 0.3) is 5.91 Å². The summed E-state index contributed by atoms with van der Waals surface area (Å²) in [4.78, 5) is 12.4. The Labute approximate surface area is 134 Å². The molecule has 1 aromatic rings. The summed E-state index contributed by atoms with van der Waals surface area (Å²) >= 11 is 0. The average Bonchev–Trinajstić information content (AvgIpc) is 2.49. The molecule has 0 spiro atoms. The van der Waals surface area contributed by atoms with E-state index in [2.05, 4.69) is 12.2 Å². The van der Waals surface area contributed by atoms with Gasteiger partial charge in [0.2, 0.25) is 0 Å². The van der Waals surface area contributed by atoms with Gasteiger partial charge in [-0.25, -0.2) is 0 Å². The summed E-state index contributed by atoms with van der Waals surface area (Å²) in [6.45, 7) is 9.97. The predicted molar refractivity (Wildman–Crippen MR) is 90.5 cm³/mol. The van der Waals surface area contributed by atoms with Gasteiger partial charge in [-0.1, -0.05) is 20.3 Å². The van der Waals surface area contributed by atoms with Crippen molar-refractivity contribution in [1.82, 2.24) is 0 Å². The predicted octanol–water partition coefficient (Wildman–Crippen LogP) is 4.32. The van der Waals surface area contributed by atoms with Crippen LogP contribution < -0.4 is 10.1 Å². The first-order valence-corrected chi connectivity index (χ1v) is 8.00. The summed E-state index contributed by atoms with van der Waals surface area (Å²) in [5.41, 5.74) is 0.972. The second kappa shape index (κ2) is 8.18. The summed E-state index contributed by atoms with van der Waals surface area (Å²) in [6, 6.07) is 5.70. The molecule has 0 aliphatic heterocycles. The number of amides is 1. The molecule has 1 rings (SSSR count). The van der Waals surface area contributed by atoms with Crippen molar-refractivity contribution in [1.29, 1.82) is 0 Å². The molecule has 22 heavy (non-hydrogen) atoms. The monoisotopic (exact) mass is 307 g/mol. The lowest BCUT2D eigenvalue weighted by Gasteiger charge is -2.26. The van der Waals surface area contributed by atoms with Crippen LogP contribution >= 0.6 is 0 Å². The second-order valence-corrected chi connectivity index (χ2v) is 5.96. The minimum absolute atomic E-state index is 0.119. The minimum atomic E-state index is -0.797. The third-order valence-electron chi connectivity index (χ3n) is 3.99. The van der Waals surface area contributed by atoms with Crippen molar-refractivity contribution in [2.75, 3.05) is 12.4 Å². The maximum absolute atomic E-state index is 12.4. The van der Waals surface area contributed by atoms with Crippen molar-refractivity contribution in [2.45, 2.75) is 65.6 Å². The van der Waals surface area contributed by atoms with Gasteiger partial charge in [-0.3, -0.25) is 4.79 Å². The van der Waals surface area contributed by atoms with Crippen LogP contribution in [0.3, 0.4) is 0 Å². The highest BCUT2D eigenvalue weighted by Crippen LogP contribution is 2.25. The first kappa shape index (κ1) is 18.5. The maximum atomic E-state index is 12.4. The number of hydrogen-bond acceptors (Lipinski definition) is 3. The number of hydrogen-bond donors (Lipinski definition) is 1. The first-order chi connectivity index (χ1) is 10.4. The topological polar surface area (TPSA) is 47.6 Å². The minimum Gasteiger partial charge on any atom is -0.490 e. The van der Waals surface area contributed by atoms with Crippen LogP contribution in [0.5, 0.6) is 5.75 Å². The zero-order valence-electron chi connectivity index (χ0n) is 14.7. The van der Waals surface area contributed by atoms with E-state index in [-0.39, 0.29) is 12.0 Å². The van der Waals surface area contributed by atoms with Gasteiger partial charge in [-0.15, -0.1) is 0 Å². The number of anilines is 1. The van der Waals surface area contributed by atoms with E-state index in [9.17, 15) is 4.79 Å². The third kappa shape index (κ3) is 4.73. The van der Waals surface area contributed by atoms with E-state index in [0.29, 0.717) is 6.42 Å². The van der Waals surface area contributed by atoms with E-state index < -0.39 is 5.60 Å². The van der Waals surface area contributed by atoms with Gasteiger partial charge in [-0.05, 0) is 57.4 Å². The maximum Gasteiger partial charge on any atom is 0.256 e. The van der Waals surface area contributed by atoms with Gasteiger partial charge in [0.15, 0.2) is 0 Å². The molecule has 1 aromatic carbocycles. The second-order valence-electron chi connectivity index (χ2n) is 5.96. The Morgan fingerprint density at radius 2 is 2.05 bits per heavy atom. The Morgan fingerprint density at radius 3 is 2.55 bits per heavy atom. The molecule has 124 valence electrons. The molecule has 0 heterocycles. The van der Waals surface area contributed by atoms with E-state index in [4.69, 9.17) is 9.47 Å². The van der Waals surface area contributed by atoms with Crippen LogP contribution in [0, 0.1) is 6.92 Å². The summed E-state index contributed by atoms with van der Waals surface area (Å²) in [6.07, 6.45) is 2.71. The first-order valence-electron chi connectivity index (χ1n) is 8.00. The van der Waals surface area contributed by atoms with Gasteiger partial charge in [0, 0.05) is 12.8 Å². The van der Waals surface area contributed by atoms with Gasteiger partial charge in [0.1, 0.15) is 11.4 Å². The molecule has 0 saturated carbocycles. The van der Waals surface area contributed by atoms with Crippen LogP contribution in [-0.2, 0) is 9.53 Å². The van der Waals surface area contributed by atoms with Crippen LogP contribution in [0.2, 0.25) is 0 Å². The molecular weight excluding hydrogens is 278 g/mol. The molecule has 4 nitrogen and oxygen atoms in total. The molecule has 4 heteroatoms. The van der Waals surface area contributed by atoms with Crippen LogP contribution in [0.15, 0.2) is 18.2 Å². The zero-order valence-corrected chi connectivity index (χ0v) is 14.7. The van der Waals surface area contributed by atoms with Crippen molar-refractivity contribution >= 4 is 11.6 Å². The summed E-state index contributed by atoms with van der Waals surface area (Å²) in [7, 11) is 1.57.